The van der Waals surface area contributed by atoms with Crippen LogP contribution in [0.15, 0.2) is 41.5 Å². The van der Waals surface area contributed by atoms with E-state index >= 15 is 0 Å². The van der Waals surface area contributed by atoms with Crippen LogP contribution in [0.25, 0.3) is 0 Å². The maximum absolute atomic E-state index is 10.2. The van der Waals surface area contributed by atoms with Crippen LogP contribution in [-0.4, -0.2) is 5.94 Å². The molecule has 0 aromatic rings. The molecule has 2 aliphatic carbocycles. The van der Waals surface area contributed by atoms with Crippen molar-refractivity contribution in [1.29, 1.82) is 0 Å². The molecule has 72 valence electrons. The fourth-order valence-electron chi connectivity index (χ4n) is 2.19. The van der Waals surface area contributed by atoms with Gasteiger partial charge in [0.15, 0.2) is 0 Å². The van der Waals surface area contributed by atoms with Crippen LogP contribution in [0.2, 0.25) is 0 Å². The SMILES string of the molecule is O=C=CCC1CC=CC2=C1C=CCC2. The van der Waals surface area contributed by atoms with Gasteiger partial charge in [0, 0.05) is 6.08 Å². The summed E-state index contributed by atoms with van der Waals surface area (Å²) in [6, 6.07) is 0. The van der Waals surface area contributed by atoms with E-state index in [0.29, 0.717) is 5.92 Å². The van der Waals surface area contributed by atoms with Crippen LogP contribution in [-0.2, 0) is 4.79 Å². The molecule has 0 bridgehead atoms. The minimum Gasteiger partial charge on any atom is -0.234 e. The molecule has 0 amide bonds. The molecule has 0 aliphatic heterocycles. The summed E-state index contributed by atoms with van der Waals surface area (Å²) in [4.78, 5) is 10.2. The average molecular weight is 186 g/mol. The first-order chi connectivity index (χ1) is 6.92. The van der Waals surface area contributed by atoms with E-state index < -0.39 is 0 Å². The summed E-state index contributed by atoms with van der Waals surface area (Å²) in [5.74, 6) is 2.37. The molecule has 0 heterocycles. The van der Waals surface area contributed by atoms with Crippen LogP contribution in [0.4, 0.5) is 0 Å². The van der Waals surface area contributed by atoms with Gasteiger partial charge in [0.1, 0.15) is 5.94 Å². The van der Waals surface area contributed by atoms with Crippen molar-refractivity contribution in [3.05, 3.63) is 41.5 Å². The Labute approximate surface area is 84.5 Å². The highest BCUT2D eigenvalue weighted by atomic mass is 16.1. The van der Waals surface area contributed by atoms with Gasteiger partial charge in [-0.3, -0.25) is 0 Å². The lowest BCUT2D eigenvalue weighted by atomic mass is 9.81. The Balaban J connectivity index is 2.20. The van der Waals surface area contributed by atoms with Gasteiger partial charge < -0.3 is 0 Å². The largest absolute Gasteiger partial charge is 0.234 e. The van der Waals surface area contributed by atoms with Crippen LogP contribution < -0.4 is 0 Å². The number of hydrogen-bond donors (Lipinski definition) is 0. The number of carbonyl (C=O) groups excluding carboxylic acids is 1. The smallest absolute Gasteiger partial charge is 0.120 e. The van der Waals surface area contributed by atoms with E-state index in [9.17, 15) is 4.79 Å². The first kappa shape index (κ1) is 9.23. The second-order valence-electron chi connectivity index (χ2n) is 3.81. The third kappa shape index (κ3) is 1.78. The van der Waals surface area contributed by atoms with Crippen molar-refractivity contribution >= 4 is 5.94 Å². The normalized spacial score (nSPS) is 24.4. The van der Waals surface area contributed by atoms with Gasteiger partial charge in [0.2, 0.25) is 0 Å². The van der Waals surface area contributed by atoms with E-state index in [1.54, 1.807) is 6.08 Å². The summed E-state index contributed by atoms with van der Waals surface area (Å²) in [5, 5.41) is 0. The summed E-state index contributed by atoms with van der Waals surface area (Å²) < 4.78 is 0. The molecule has 0 saturated heterocycles. The Bertz CT molecular complexity index is 351. The number of allylic oxidation sites excluding steroid dienone is 7. The molecular formula is C13H14O. The van der Waals surface area contributed by atoms with Crippen molar-refractivity contribution < 1.29 is 4.79 Å². The molecule has 0 spiro atoms. The predicted octanol–water partition coefficient (Wildman–Crippen LogP) is 2.99. The lowest BCUT2D eigenvalue weighted by Gasteiger charge is -2.24. The van der Waals surface area contributed by atoms with E-state index in [1.807, 2.05) is 5.94 Å². The Hall–Kier alpha value is -1.33. The molecule has 0 N–H and O–H groups in total. The quantitative estimate of drug-likeness (QED) is 0.606. The molecule has 1 unspecified atom stereocenters. The second-order valence-corrected chi connectivity index (χ2v) is 3.81. The van der Waals surface area contributed by atoms with Crippen molar-refractivity contribution in [1.82, 2.24) is 0 Å². The Morgan fingerprint density at radius 1 is 1.43 bits per heavy atom. The van der Waals surface area contributed by atoms with Crippen LogP contribution in [0.1, 0.15) is 25.7 Å². The minimum atomic E-state index is 0.507. The molecule has 0 aromatic carbocycles. The van der Waals surface area contributed by atoms with Crippen molar-refractivity contribution in [3.8, 4) is 0 Å². The molecule has 0 fully saturated rings. The number of hydrogen-bond acceptors (Lipinski definition) is 1. The predicted molar refractivity (Wildman–Crippen MR) is 57.5 cm³/mol. The number of rotatable bonds is 2. The van der Waals surface area contributed by atoms with Crippen LogP contribution in [0.5, 0.6) is 0 Å². The van der Waals surface area contributed by atoms with Gasteiger partial charge in [-0.05, 0) is 42.7 Å². The average Bonchev–Trinajstić information content (AvgIpc) is 2.26. The van der Waals surface area contributed by atoms with Crippen LogP contribution >= 0.6 is 0 Å². The van der Waals surface area contributed by atoms with E-state index in [1.165, 1.54) is 11.1 Å². The third-order valence-electron chi connectivity index (χ3n) is 2.91. The van der Waals surface area contributed by atoms with Gasteiger partial charge in [-0.2, -0.15) is 0 Å². The molecule has 0 radical (unpaired) electrons. The zero-order valence-corrected chi connectivity index (χ0v) is 8.20. The second kappa shape index (κ2) is 4.26. The molecule has 2 aliphatic rings. The van der Waals surface area contributed by atoms with Crippen molar-refractivity contribution in [2.45, 2.75) is 25.7 Å². The molecule has 1 nitrogen and oxygen atoms in total. The summed E-state index contributed by atoms with van der Waals surface area (Å²) in [6.45, 7) is 0. The molecule has 14 heavy (non-hydrogen) atoms. The fraction of sp³-hybridized carbons (Fsp3) is 0.385. The van der Waals surface area contributed by atoms with Gasteiger partial charge in [-0.1, -0.05) is 24.3 Å². The zero-order chi connectivity index (χ0) is 9.80. The topological polar surface area (TPSA) is 17.1 Å². The van der Waals surface area contributed by atoms with E-state index in [0.717, 1.165) is 25.7 Å². The Morgan fingerprint density at radius 3 is 3.21 bits per heavy atom. The molecule has 0 saturated carbocycles. The maximum atomic E-state index is 10.2. The van der Waals surface area contributed by atoms with Crippen LogP contribution in [0.3, 0.4) is 0 Å². The van der Waals surface area contributed by atoms with Crippen LogP contribution in [0, 0.1) is 5.92 Å². The Morgan fingerprint density at radius 2 is 2.36 bits per heavy atom. The maximum Gasteiger partial charge on any atom is 0.120 e. The van der Waals surface area contributed by atoms with Crippen molar-refractivity contribution in [2.24, 2.45) is 5.92 Å². The monoisotopic (exact) mass is 186 g/mol. The highest BCUT2D eigenvalue weighted by Gasteiger charge is 2.18. The lowest BCUT2D eigenvalue weighted by Crippen LogP contribution is -2.09. The lowest BCUT2D eigenvalue weighted by molar-refractivity contribution is 0.564. The molecule has 2 rings (SSSR count). The van der Waals surface area contributed by atoms with Crippen molar-refractivity contribution in [2.75, 3.05) is 0 Å². The van der Waals surface area contributed by atoms with E-state index in [4.69, 9.17) is 0 Å². The minimum absolute atomic E-state index is 0.507. The van der Waals surface area contributed by atoms with E-state index in [2.05, 4.69) is 24.3 Å². The summed E-state index contributed by atoms with van der Waals surface area (Å²) in [7, 11) is 0. The van der Waals surface area contributed by atoms with Crippen molar-refractivity contribution in [3.63, 3.8) is 0 Å². The van der Waals surface area contributed by atoms with Gasteiger partial charge in [0.25, 0.3) is 0 Å². The highest BCUT2D eigenvalue weighted by molar-refractivity contribution is 5.46. The first-order valence-corrected chi connectivity index (χ1v) is 5.17. The molecular weight excluding hydrogens is 172 g/mol. The summed E-state index contributed by atoms with van der Waals surface area (Å²) in [5.41, 5.74) is 2.90. The third-order valence-corrected chi connectivity index (χ3v) is 2.91. The fourth-order valence-corrected chi connectivity index (χ4v) is 2.19. The standard InChI is InChI=1S/C13H14O/c14-10-4-8-12-7-3-6-11-5-1-2-9-13(11)12/h2-4,6,9,12H,1,5,7-8H2. The zero-order valence-electron chi connectivity index (χ0n) is 8.20. The summed E-state index contributed by atoms with van der Waals surface area (Å²) in [6.07, 6.45) is 14.7. The Kier molecular flexibility index (Phi) is 2.81. The van der Waals surface area contributed by atoms with Gasteiger partial charge in [0.05, 0.1) is 0 Å². The van der Waals surface area contributed by atoms with Gasteiger partial charge >= 0.3 is 0 Å². The summed E-state index contributed by atoms with van der Waals surface area (Å²) >= 11 is 0. The molecule has 1 heteroatoms. The van der Waals surface area contributed by atoms with Gasteiger partial charge in [-0.15, -0.1) is 0 Å². The first-order valence-electron chi connectivity index (χ1n) is 5.17. The molecule has 1 atom stereocenters. The molecule has 0 aromatic heterocycles. The van der Waals surface area contributed by atoms with E-state index in [-0.39, 0.29) is 0 Å². The highest BCUT2D eigenvalue weighted by Crippen LogP contribution is 2.33. The van der Waals surface area contributed by atoms with Gasteiger partial charge in [-0.25, -0.2) is 4.79 Å².